The molecule has 1 aliphatic heterocycles. The normalized spacial score (nSPS) is 14.5. The van der Waals surface area contributed by atoms with E-state index in [0.29, 0.717) is 24.3 Å². The zero-order chi connectivity index (χ0) is 22.8. The maximum Gasteiger partial charge on any atom is 0.255 e. The van der Waals surface area contributed by atoms with Gasteiger partial charge in [-0.25, -0.2) is 13.4 Å². The number of fused-ring (bicyclic) bond motifs is 1. The Kier molecular flexibility index (Phi) is 5.97. The molecule has 1 amide bonds. The third kappa shape index (κ3) is 4.68. The summed E-state index contributed by atoms with van der Waals surface area (Å²) in [6.45, 7) is 1.06. The van der Waals surface area contributed by atoms with Crippen LogP contribution in [0.15, 0.2) is 77.7 Å². The number of hydrogen-bond donors (Lipinski definition) is 1. The molecule has 0 aliphatic carbocycles. The maximum atomic E-state index is 12.8. The largest absolute Gasteiger partial charge is 0.322 e. The fourth-order valence-electron chi connectivity index (χ4n) is 3.95. The SMILES string of the molecule is O=C(Nc1ccc(Cc2nc3ccccc3s2)cc1)c1cccc(S(=O)(=O)N2CCCC2)c1. The molecule has 0 unspecified atom stereocenters. The van der Waals surface area contributed by atoms with Crippen LogP contribution in [0.5, 0.6) is 0 Å². The molecule has 168 valence electrons. The van der Waals surface area contributed by atoms with Crippen molar-refractivity contribution in [3.8, 4) is 0 Å². The lowest BCUT2D eigenvalue weighted by Gasteiger charge is -2.16. The molecule has 0 spiro atoms. The van der Waals surface area contributed by atoms with E-state index in [1.54, 1.807) is 29.5 Å². The van der Waals surface area contributed by atoms with Gasteiger partial charge in [0.25, 0.3) is 5.91 Å². The Morgan fingerprint density at radius 2 is 1.73 bits per heavy atom. The molecule has 0 radical (unpaired) electrons. The maximum absolute atomic E-state index is 12.8. The smallest absolute Gasteiger partial charge is 0.255 e. The van der Waals surface area contributed by atoms with Gasteiger partial charge in [0.1, 0.15) is 0 Å². The number of hydrogen-bond acceptors (Lipinski definition) is 5. The highest BCUT2D eigenvalue weighted by atomic mass is 32.2. The molecule has 1 N–H and O–H groups in total. The molecule has 33 heavy (non-hydrogen) atoms. The minimum atomic E-state index is -3.56. The van der Waals surface area contributed by atoms with Crippen molar-refractivity contribution in [3.05, 3.63) is 88.9 Å². The molecule has 0 saturated carbocycles. The van der Waals surface area contributed by atoms with Gasteiger partial charge in [-0.1, -0.05) is 30.3 Å². The van der Waals surface area contributed by atoms with E-state index in [2.05, 4.69) is 16.4 Å². The monoisotopic (exact) mass is 477 g/mol. The molecule has 6 nitrogen and oxygen atoms in total. The first-order valence-corrected chi connectivity index (χ1v) is 13.1. The second kappa shape index (κ2) is 9.05. The van der Waals surface area contributed by atoms with Gasteiger partial charge in [-0.2, -0.15) is 4.31 Å². The number of sulfonamides is 1. The van der Waals surface area contributed by atoms with E-state index in [1.807, 2.05) is 42.5 Å². The summed E-state index contributed by atoms with van der Waals surface area (Å²) in [4.78, 5) is 17.6. The summed E-state index contributed by atoms with van der Waals surface area (Å²) in [6.07, 6.45) is 2.46. The molecule has 0 atom stereocenters. The van der Waals surface area contributed by atoms with Gasteiger partial charge in [0.2, 0.25) is 10.0 Å². The fraction of sp³-hybridized carbons (Fsp3) is 0.200. The molecule has 3 aromatic carbocycles. The Hall–Kier alpha value is -3.07. The minimum absolute atomic E-state index is 0.156. The Bertz CT molecular complexity index is 1370. The Balaban J connectivity index is 1.27. The first-order chi connectivity index (χ1) is 16.0. The first-order valence-electron chi connectivity index (χ1n) is 10.8. The van der Waals surface area contributed by atoms with Crippen molar-refractivity contribution in [1.82, 2.24) is 9.29 Å². The van der Waals surface area contributed by atoms with Gasteiger partial charge in [0, 0.05) is 30.8 Å². The van der Waals surface area contributed by atoms with Crippen molar-refractivity contribution in [2.75, 3.05) is 18.4 Å². The van der Waals surface area contributed by atoms with Crippen LogP contribution in [-0.2, 0) is 16.4 Å². The standard InChI is InChI=1S/C25H23N3O3S2/c29-25(19-6-5-7-21(17-19)33(30,31)28-14-3-4-15-28)26-20-12-10-18(11-13-20)16-24-27-22-8-1-2-9-23(22)32-24/h1-2,5-13,17H,3-4,14-16H2,(H,26,29). The highest BCUT2D eigenvalue weighted by molar-refractivity contribution is 7.89. The lowest BCUT2D eigenvalue weighted by atomic mass is 10.1. The van der Waals surface area contributed by atoms with E-state index in [9.17, 15) is 13.2 Å². The van der Waals surface area contributed by atoms with Gasteiger partial charge in [-0.15, -0.1) is 11.3 Å². The van der Waals surface area contributed by atoms with Crippen LogP contribution < -0.4 is 5.32 Å². The van der Waals surface area contributed by atoms with E-state index in [1.165, 1.54) is 15.1 Å². The van der Waals surface area contributed by atoms with Gasteiger partial charge in [-0.3, -0.25) is 4.79 Å². The van der Waals surface area contributed by atoms with Crippen molar-refractivity contribution in [2.24, 2.45) is 0 Å². The van der Waals surface area contributed by atoms with Crippen LogP contribution in [0.2, 0.25) is 0 Å². The first kappa shape index (κ1) is 21.8. The molecular formula is C25H23N3O3S2. The topological polar surface area (TPSA) is 79.4 Å². The molecule has 1 aromatic heterocycles. The van der Waals surface area contributed by atoms with Crippen LogP contribution in [0.3, 0.4) is 0 Å². The Labute approximate surface area is 197 Å². The lowest BCUT2D eigenvalue weighted by molar-refractivity contribution is 0.102. The highest BCUT2D eigenvalue weighted by Gasteiger charge is 2.27. The number of thiazole rings is 1. The molecule has 4 aromatic rings. The van der Waals surface area contributed by atoms with Gasteiger partial charge in [0.15, 0.2) is 0 Å². The number of rotatable bonds is 6. The number of amides is 1. The summed E-state index contributed by atoms with van der Waals surface area (Å²) in [7, 11) is -3.56. The van der Waals surface area contributed by atoms with Crippen LogP contribution in [0.1, 0.15) is 33.8 Å². The Morgan fingerprint density at radius 3 is 2.48 bits per heavy atom. The molecule has 8 heteroatoms. The molecule has 1 fully saturated rings. The lowest BCUT2D eigenvalue weighted by Crippen LogP contribution is -2.28. The third-order valence-corrected chi connectivity index (χ3v) is 8.64. The highest BCUT2D eigenvalue weighted by Crippen LogP contribution is 2.25. The average Bonchev–Trinajstić information content (AvgIpc) is 3.51. The van der Waals surface area contributed by atoms with Crippen LogP contribution in [0.25, 0.3) is 10.2 Å². The number of carbonyl (C=O) groups is 1. The van der Waals surface area contributed by atoms with Crippen molar-refractivity contribution >= 4 is 43.2 Å². The number of nitrogens with zero attached hydrogens (tertiary/aromatic N) is 2. The van der Waals surface area contributed by atoms with E-state index < -0.39 is 10.0 Å². The van der Waals surface area contributed by atoms with E-state index >= 15 is 0 Å². The van der Waals surface area contributed by atoms with Crippen molar-refractivity contribution in [1.29, 1.82) is 0 Å². The summed E-state index contributed by atoms with van der Waals surface area (Å²) >= 11 is 1.68. The number of benzene rings is 3. The summed E-state index contributed by atoms with van der Waals surface area (Å²) in [5, 5.41) is 3.90. The van der Waals surface area contributed by atoms with Gasteiger partial charge < -0.3 is 5.32 Å². The van der Waals surface area contributed by atoms with E-state index in [-0.39, 0.29) is 10.8 Å². The van der Waals surface area contributed by atoms with Crippen molar-refractivity contribution in [3.63, 3.8) is 0 Å². The number of nitrogens with one attached hydrogen (secondary N) is 1. The predicted molar refractivity (Wildman–Crippen MR) is 131 cm³/mol. The van der Waals surface area contributed by atoms with E-state index in [0.717, 1.165) is 35.4 Å². The van der Waals surface area contributed by atoms with E-state index in [4.69, 9.17) is 0 Å². The van der Waals surface area contributed by atoms with Gasteiger partial charge in [0.05, 0.1) is 20.1 Å². The number of anilines is 1. The van der Waals surface area contributed by atoms with Crippen molar-refractivity contribution < 1.29 is 13.2 Å². The predicted octanol–water partition coefficient (Wildman–Crippen LogP) is 4.92. The quantitative estimate of drug-likeness (QED) is 0.427. The van der Waals surface area contributed by atoms with Crippen molar-refractivity contribution in [2.45, 2.75) is 24.2 Å². The van der Waals surface area contributed by atoms with Gasteiger partial charge in [-0.05, 0) is 60.9 Å². The van der Waals surface area contributed by atoms with Crippen LogP contribution in [-0.4, -0.2) is 36.7 Å². The Morgan fingerprint density at radius 1 is 0.970 bits per heavy atom. The summed E-state index contributed by atoms with van der Waals surface area (Å²) in [5.74, 6) is -0.340. The second-order valence-corrected chi connectivity index (χ2v) is 11.1. The number of carbonyl (C=O) groups excluding carboxylic acids is 1. The summed E-state index contributed by atoms with van der Waals surface area (Å²) in [5.41, 5.74) is 3.08. The van der Waals surface area contributed by atoms with Crippen LogP contribution in [0, 0.1) is 0 Å². The molecule has 1 aliphatic rings. The van der Waals surface area contributed by atoms with Gasteiger partial charge >= 0.3 is 0 Å². The molecule has 2 heterocycles. The number of para-hydroxylation sites is 1. The van der Waals surface area contributed by atoms with Crippen LogP contribution in [0.4, 0.5) is 5.69 Å². The minimum Gasteiger partial charge on any atom is -0.322 e. The van der Waals surface area contributed by atoms with Crippen LogP contribution >= 0.6 is 11.3 Å². The number of aromatic nitrogens is 1. The molecule has 0 bridgehead atoms. The molecular weight excluding hydrogens is 454 g/mol. The molecule has 5 rings (SSSR count). The third-order valence-electron chi connectivity index (χ3n) is 5.70. The summed E-state index contributed by atoms with van der Waals surface area (Å²) < 4.78 is 28.3. The molecule has 1 saturated heterocycles. The fourth-order valence-corrected chi connectivity index (χ4v) is 6.52. The zero-order valence-corrected chi connectivity index (χ0v) is 19.5. The second-order valence-electron chi connectivity index (χ2n) is 8.04. The summed E-state index contributed by atoms with van der Waals surface area (Å²) in [6, 6.07) is 22.0. The zero-order valence-electron chi connectivity index (χ0n) is 17.9. The average molecular weight is 478 g/mol.